The lowest BCUT2D eigenvalue weighted by Crippen LogP contribution is -2.52. The molecule has 3 N–H and O–H groups in total. The second-order valence-corrected chi connectivity index (χ2v) is 9.58. The van der Waals surface area contributed by atoms with E-state index in [0.29, 0.717) is 29.0 Å². The van der Waals surface area contributed by atoms with E-state index in [1.807, 2.05) is 19.1 Å². The van der Waals surface area contributed by atoms with Gasteiger partial charge in [0.1, 0.15) is 17.3 Å². The van der Waals surface area contributed by atoms with Gasteiger partial charge in [0, 0.05) is 25.0 Å². The van der Waals surface area contributed by atoms with E-state index in [-0.39, 0.29) is 28.4 Å². The van der Waals surface area contributed by atoms with Gasteiger partial charge >= 0.3 is 0 Å². The van der Waals surface area contributed by atoms with Crippen molar-refractivity contribution in [1.82, 2.24) is 0 Å². The number of fused-ring (bicyclic) bond motifs is 1. The number of methoxy groups -OCH3 is 2. The van der Waals surface area contributed by atoms with E-state index in [0.717, 1.165) is 12.8 Å². The Labute approximate surface area is 199 Å². The minimum Gasteiger partial charge on any atom is -0.507 e. The molecular weight excluding hydrogens is 434 g/mol. The van der Waals surface area contributed by atoms with E-state index in [2.05, 4.69) is 12.2 Å². The summed E-state index contributed by atoms with van der Waals surface area (Å²) in [6.45, 7) is 4.06. The van der Waals surface area contributed by atoms with Gasteiger partial charge in [-0.3, -0.25) is 9.59 Å². The number of amides is 1. The highest BCUT2D eigenvalue weighted by Crippen LogP contribution is 2.48. The van der Waals surface area contributed by atoms with Gasteiger partial charge in [-0.15, -0.1) is 0 Å². The van der Waals surface area contributed by atoms with Gasteiger partial charge in [-0.25, -0.2) is 0 Å². The second-order valence-electron chi connectivity index (χ2n) is 9.58. The number of hydrogen-bond donors (Lipinski definition) is 3. The lowest BCUT2D eigenvalue weighted by Gasteiger charge is -2.40. The molecule has 4 unspecified atom stereocenters. The summed E-state index contributed by atoms with van der Waals surface area (Å²) in [4.78, 5) is 24.7. The number of carbonyl (C=O) groups is 2. The number of ketones is 1. The summed E-state index contributed by atoms with van der Waals surface area (Å²) < 4.78 is 10.6. The molecule has 1 heterocycles. The first-order chi connectivity index (χ1) is 16.1. The van der Waals surface area contributed by atoms with Crippen LogP contribution in [0.4, 0.5) is 5.69 Å². The molecule has 34 heavy (non-hydrogen) atoms. The normalized spacial score (nSPS) is 29.1. The van der Waals surface area contributed by atoms with Crippen LogP contribution in [-0.2, 0) is 19.9 Å². The summed E-state index contributed by atoms with van der Waals surface area (Å²) in [6, 6.07) is 10.0. The standard InChI is InChI=1S/C27H31NO6/c1-16-15-26(2,14-12-21(16)29)13-11-17-5-10-20-22(23(17)30)27(32,24(34-4)25(31)28-20)18-6-8-19(33-3)9-7-18/h5-11,13,16,24,30,32H,12,14-15H2,1-4H3,(H,28,31)/b13-11+. The van der Waals surface area contributed by atoms with Crippen molar-refractivity contribution in [2.45, 2.75) is 44.8 Å². The van der Waals surface area contributed by atoms with Crippen LogP contribution in [0.3, 0.4) is 0 Å². The predicted octanol–water partition coefficient (Wildman–Crippen LogP) is 4.01. The zero-order valence-corrected chi connectivity index (χ0v) is 19.9. The number of anilines is 1. The fourth-order valence-corrected chi connectivity index (χ4v) is 5.18. The molecule has 7 heteroatoms. The van der Waals surface area contributed by atoms with Crippen molar-refractivity contribution in [2.24, 2.45) is 11.3 Å². The molecule has 1 aliphatic carbocycles. The van der Waals surface area contributed by atoms with Gasteiger partial charge < -0.3 is 25.0 Å². The first-order valence-corrected chi connectivity index (χ1v) is 11.4. The fraction of sp³-hybridized carbons (Fsp3) is 0.407. The summed E-state index contributed by atoms with van der Waals surface area (Å²) in [7, 11) is 2.88. The number of ether oxygens (including phenoxy) is 2. The van der Waals surface area contributed by atoms with Crippen molar-refractivity contribution in [3.63, 3.8) is 0 Å². The van der Waals surface area contributed by atoms with Crippen molar-refractivity contribution < 1.29 is 29.3 Å². The smallest absolute Gasteiger partial charge is 0.257 e. The van der Waals surface area contributed by atoms with Crippen molar-refractivity contribution in [2.75, 3.05) is 19.5 Å². The largest absolute Gasteiger partial charge is 0.507 e. The average Bonchev–Trinajstić information content (AvgIpc) is 2.81. The zero-order chi connectivity index (χ0) is 24.7. The molecule has 1 saturated carbocycles. The molecule has 2 aliphatic rings. The maximum atomic E-state index is 12.8. The van der Waals surface area contributed by atoms with Crippen LogP contribution >= 0.6 is 0 Å². The van der Waals surface area contributed by atoms with Crippen LogP contribution in [0.15, 0.2) is 42.5 Å². The van der Waals surface area contributed by atoms with Crippen molar-refractivity contribution in [1.29, 1.82) is 0 Å². The van der Waals surface area contributed by atoms with Gasteiger partial charge in [-0.1, -0.05) is 38.1 Å². The highest BCUT2D eigenvalue weighted by molar-refractivity contribution is 6.00. The van der Waals surface area contributed by atoms with Crippen LogP contribution in [0, 0.1) is 11.3 Å². The third kappa shape index (κ3) is 3.99. The Morgan fingerprint density at radius 2 is 1.82 bits per heavy atom. The third-order valence-electron chi connectivity index (χ3n) is 7.16. The predicted molar refractivity (Wildman–Crippen MR) is 129 cm³/mol. The summed E-state index contributed by atoms with van der Waals surface area (Å²) in [5.74, 6) is 0.227. The number of hydrogen-bond acceptors (Lipinski definition) is 6. The Kier molecular flexibility index (Phi) is 6.27. The molecule has 180 valence electrons. The molecule has 2 aromatic carbocycles. The molecule has 7 nitrogen and oxygen atoms in total. The molecule has 1 amide bonds. The summed E-state index contributed by atoms with van der Waals surface area (Å²) in [5, 5.41) is 26.0. The van der Waals surface area contributed by atoms with Crippen molar-refractivity contribution in [3.05, 3.63) is 59.2 Å². The van der Waals surface area contributed by atoms with E-state index in [9.17, 15) is 19.8 Å². The van der Waals surface area contributed by atoms with E-state index < -0.39 is 17.6 Å². The Balaban J connectivity index is 1.80. The SMILES string of the molecule is COc1ccc(C2(O)c3c(ccc(/C=C/C4(C)CCC(=O)C(C)C4)c3O)NC(=O)C2OC)cc1. The monoisotopic (exact) mass is 465 g/mol. The van der Waals surface area contributed by atoms with Gasteiger partial charge in [0.15, 0.2) is 11.7 Å². The van der Waals surface area contributed by atoms with E-state index in [4.69, 9.17) is 9.47 Å². The number of nitrogens with one attached hydrogen (secondary N) is 1. The van der Waals surface area contributed by atoms with E-state index in [1.54, 1.807) is 43.5 Å². The Hall–Kier alpha value is -3.16. The number of rotatable bonds is 5. The van der Waals surface area contributed by atoms with Gasteiger partial charge in [0.2, 0.25) is 0 Å². The van der Waals surface area contributed by atoms with Crippen LogP contribution in [0.2, 0.25) is 0 Å². The summed E-state index contributed by atoms with van der Waals surface area (Å²) in [5.41, 5.74) is -0.729. The number of Topliss-reactive ketones (excluding diaryl/α,β-unsaturated/α-hetero) is 1. The molecule has 4 atom stereocenters. The number of phenolic OH excluding ortho intramolecular Hbond substituents is 1. The first kappa shape index (κ1) is 24.0. The lowest BCUT2D eigenvalue weighted by molar-refractivity contribution is -0.142. The van der Waals surface area contributed by atoms with Gasteiger partial charge in [0.25, 0.3) is 5.91 Å². The topological polar surface area (TPSA) is 105 Å². The Bertz CT molecular complexity index is 1140. The maximum Gasteiger partial charge on any atom is 0.257 e. The van der Waals surface area contributed by atoms with Gasteiger partial charge in [-0.05, 0) is 48.1 Å². The van der Waals surface area contributed by atoms with Gasteiger partial charge in [0.05, 0.1) is 18.4 Å². The molecule has 0 aromatic heterocycles. The molecule has 2 aromatic rings. The minimum absolute atomic E-state index is 0.00151. The molecule has 0 radical (unpaired) electrons. The van der Waals surface area contributed by atoms with Crippen molar-refractivity contribution >= 4 is 23.5 Å². The molecule has 0 spiro atoms. The molecule has 1 fully saturated rings. The highest BCUT2D eigenvalue weighted by Gasteiger charge is 2.51. The number of aliphatic hydroxyl groups is 1. The minimum atomic E-state index is -1.93. The van der Waals surface area contributed by atoms with Crippen LogP contribution in [0.25, 0.3) is 6.08 Å². The fourth-order valence-electron chi connectivity index (χ4n) is 5.18. The molecule has 4 rings (SSSR count). The molecule has 0 bridgehead atoms. The van der Waals surface area contributed by atoms with Crippen LogP contribution in [-0.4, -0.2) is 42.2 Å². The second kappa shape index (κ2) is 8.89. The van der Waals surface area contributed by atoms with Crippen molar-refractivity contribution in [3.8, 4) is 11.5 Å². The highest BCUT2D eigenvalue weighted by atomic mass is 16.5. The van der Waals surface area contributed by atoms with E-state index >= 15 is 0 Å². The number of carbonyl (C=O) groups excluding carboxylic acids is 2. The summed E-state index contributed by atoms with van der Waals surface area (Å²) in [6.07, 6.45) is 4.60. The number of allylic oxidation sites excluding steroid dienone is 1. The van der Waals surface area contributed by atoms with Crippen LogP contribution in [0.5, 0.6) is 11.5 Å². The molecule has 1 aliphatic heterocycles. The Morgan fingerprint density at radius 1 is 1.12 bits per heavy atom. The maximum absolute atomic E-state index is 12.8. The number of benzene rings is 2. The number of phenols is 1. The number of aromatic hydroxyl groups is 1. The Morgan fingerprint density at radius 3 is 2.44 bits per heavy atom. The molecule has 0 saturated heterocycles. The molecular formula is C27H31NO6. The zero-order valence-electron chi connectivity index (χ0n) is 19.9. The lowest BCUT2D eigenvalue weighted by atomic mass is 9.70. The quantitative estimate of drug-likeness (QED) is 0.616. The van der Waals surface area contributed by atoms with Crippen LogP contribution < -0.4 is 10.1 Å². The van der Waals surface area contributed by atoms with E-state index in [1.165, 1.54) is 7.11 Å². The van der Waals surface area contributed by atoms with Gasteiger partial charge in [-0.2, -0.15) is 0 Å². The summed E-state index contributed by atoms with van der Waals surface area (Å²) >= 11 is 0. The third-order valence-corrected chi connectivity index (χ3v) is 7.16. The average molecular weight is 466 g/mol. The first-order valence-electron chi connectivity index (χ1n) is 11.4. The van der Waals surface area contributed by atoms with Crippen LogP contribution in [0.1, 0.15) is 49.8 Å².